The molecule has 0 aromatic heterocycles. The first-order valence-electron chi connectivity index (χ1n) is 8.09. The number of ether oxygens (including phenoxy) is 1. The van der Waals surface area contributed by atoms with Crippen LogP contribution in [0.15, 0.2) is 29.3 Å². The molecule has 3 N–H and O–H groups in total. The quantitative estimate of drug-likeness (QED) is 0.366. The van der Waals surface area contributed by atoms with Crippen molar-refractivity contribution in [3.63, 3.8) is 0 Å². The lowest BCUT2D eigenvalue weighted by Gasteiger charge is -2.12. The third kappa shape index (κ3) is 9.09. The molecule has 0 heterocycles. The molecule has 24 heavy (non-hydrogen) atoms. The molecule has 0 saturated carbocycles. The third-order valence-electron chi connectivity index (χ3n) is 3.15. The molecule has 0 spiro atoms. The maximum Gasteiger partial charge on any atom is 0.243 e. The number of hydrogen-bond donors (Lipinski definition) is 3. The minimum Gasteiger partial charge on any atom is -0.380 e. The Balaban J connectivity index is 2.18. The summed E-state index contributed by atoms with van der Waals surface area (Å²) < 4.78 is 18.3. The molecule has 0 atom stereocenters. The van der Waals surface area contributed by atoms with Gasteiger partial charge in [0.1, 0.15) is 5.82 Å². The molecule has 0 unspecified atom stereocenters. The predicted molar refractivity (Wildman–Crippen MR) is 94.7 cm³/mol. The number of aliphatic imine (C=N–C) groups is 1. The van der Waals surface area contributed by atoms with E-state index in [4.69, 9.17) is 4.74 Å². The van der Waals surface area contributed by atoms with E-state index < -0.39 is 0 Å². The summed E-state index contributed by atoms with van der Waals surface area (Å²) in [4.78, 5) is 15.9. The van der Waals surface area contributed by atoms with E-state index in [0.29, 0.717) is 30.7 Å². The Hall–Kier alpha value is -2.15. The van der Waals surface area contributed by atoms with E-state index >= 15 is 0 Å². The van der Waals surface area contributed by atoms with Gasteiger partial charge in [-0.25, -0.2) is 4.39 Å². The lowest BCUT2D eigenvalue weighted by molar-refractivity contribution is -0.115. The Morgan fingerprint density at radius 1 is 1.21 bits per heavy atom. The molecule has 6 nitrogen and oxygen atoms in total. The Kier molecular flexibility index (Phi) is 9.45. The fourth-order valence-electron chi connectivity index (χ4n) is 1.79. The van der Waals surface area contributed by atoms with Gasteiger partial charge in [0.15, 0.2) is 5.96 Å². The second kappa shape index (κ2) is 11.4. The number of anilines is 1. The number of carbonyl (C=O) groups excluding carboxylic acids is 1. The molecule has 0 aliphatic heterocycles. The summed E-state index contributed by atoms with van der Waals surface area (Å²) in [6.07, 6.45) is 1.04. The zero-order valence-electron chi connectivity index (χ0n) is 14.6. The van der Waals surface area contributed by atoms with Crippen molar-refractivity contribution in [3.05, 3.63) is 30.1 Å². The highest BCUT2D eigenvalue weighted by Gasteiger charge is 2.04. The van der Waals surface area contributed by atoms with Crippen LogP contribution in [0, 0.1) is 11.7 Å². The van der Waals surface area contributed by atoms with Crippen LogP contribution in [-0.4, -0.2) is 45.2 Å². The fourth-order valence-corrected chi connectivity index (χ4v) is 1.79. The Bertz CT molecular complexity index is 518. The minimum atomic E-state index is -0.341. The standard InChI is InChI=1S/C17H27FN4O2/c1-13(2)8-10-24-11-9-20-17(19-3)21-12-16(23)22-15-6-4-14(18)5-7-15/h4-7,13H,8-12H2,1-3H3,(H,22,23)(H2,19,20,21). The number of halogens is 1. The summed E-state index contributed by atoms with van der Waals surface area (Å²) in [5.41, 5.74) is 0.546. The van der Waals surface area contributed by atoms with Crippen molar-refractivity contribution >= 4 is 17.6 Å². The van der Waals surface area contributed by atoms with Gasteiger partial charge in [-0.1, -0.05) is 13.8 Å². The van der Waals surface area contributed by atoms with Crippen LogP contribution < -0.4 is 16.0 Å². The van der Waals surface area contributed by atoms with Crippen LogP contribution in [0.3, 0.4) is 0 Å². The molecule has 1 amide bonds. The molecule has 7 heteroatoms. The van der Waals surface area contributed by atoms with E-state index in [9.17, 15) is 9.18 Å². The summed E-state index contributed by atoms with van der Waals surface area (Å²) in [5, 5.41) is 8.64. The van der Waals surface area contributed by atoms with E-state index in [1.54, 1.807) is 7.05 Å². The molecule has 0 radical (unpaired) electrons. The van der Waals surface area contributed by atoms with Crippen LogP contribution in [0.25, 0.3) is 0 Å². The van der Waals surface area contributed by atoms with Crippen molar-refractivity contribution in [2.75, 3.05) is 38.7 Å². The molecule has 0 fully saturated rings. The van der Waals surface area contributed by atoms with E-state index in [0.717, 1.165) is 13.0 Å². The second-order valence-electron chi connectivity index (χ2n) is 5.70. The van der Waals surface area contributed by atoms with Crippen molar-refractivity contribution in [3.8, 4) is 0 Å². The number of hydrogen-bond acceptors (Lipinski definition) is 3. The normalized spacial score (nSPS) is 11.5. The van der Waals surface area contributed by atoms with Crippen LogP contribution in [-0.2, 0) is 9.53 Å². The third-order valence-corrected chi connectivity index (χ3v) is 3.15. The number of rotatable bonds is 9. The highest BCUT2D eigenvalue weighted by atomic mass is 19.1. The summed E-state index contributed by atoms with van der Waals surface area (Å²) in [7, 11) is 1.63. The van der Waals surface area contributed by atoms with Crippen LogP contribution in [0.1, 0.15) is 20.3 Å². The van der Waals surface area contributed by atoms with Gasteiger partial charge in [-0.3, -0.25) is 9.79 Å². The van der Waals surface area contributed by atoms with E-state index in [-0.39, 0.29) is 18.3 Å². The zero-order valence-corrected chi connectivity index (χ0v) is 14.6. The lowest BCUT2D eigenvalue weighted by atomic mass is 10.1. The van der Waals surface area contributed by atoms with Crippen LogP contribution in [0.4, 0.5) is 10.1 Å². The summed E-state index contributed by atoms with van der Waals surface area (Å²) in [6.45, 7) is 6.30. The predicted octanol–water partition coefficient (Wildman–Crippen LogP) is 1.99. The molecule has 1 rings (SSSR count). The summed E-state index contributed by atoms with van der Waals surface area (Å²) >= 11 is 0. The van der Waals surface area contributed by atoms with E-state index in [2.05, 4.69) is 34.8 Å². The maximum atomic E-state index is 12.8. The fraction of sp³-hybridized carbons (Fsp3) is 0.529. The molecular formula is C17H27FN4O2. The van der Waals surface area contributed by atoms with Crippen LogP contribution in [0.2, 0.25) is 0 Å². The van der Waals surface area contributed by atoms with Crippen molar-refractivity contribution in [1.29, 1.82) is 0 Å². The van der Waals surface area contributed by atoms with Crippen LogP contribution >= 0.6 is 0 Å². The molecule has 0 aliphatic carbocycles. The van der Waals surface area contributed by atoms with Crippen molar-refractivity contribution < 1.29 is 13.9 Å². The Morgan fingerprint density at radius 2 is 1.92 bits per heavy atom. The van der Waals surface area contributed by atoms with E-state index in [1.807, 2.05) is 0 Å². The smallest absolute Gasteiger partial charge is 0.243 e. The minimum absolute atomic E-state index is 0.0608. The van der Waals surface area contributed by atoms with Crippen molar-refractivity contribution in [2.24, 2.45) is 10.9 Å². The van der Waals surface area contributed by atoms with Crippen molar-refractivity contribution in [2.45, 2.75) is 20.3 Å². The first-order chi connectivity index (χ1) is 11.5. The average Bonchev–Trinajstić information content (AvgIpc) is 2.55. The Morgan fingerprint density at radius 3 is 2.54 bits per heavy atom. The number of amides is 1. The molecule has 0 saturated heterocycles. The lowest BCUT2D eigenvalue weighted by Crippen LogP contribution is -2.42. The summed E-state index contributed by atoms with van der Waals surface area (Å²) in [6, 6.07) is 5.61. The summed E-state index contributed by atoms with van der Waals surface area (Å²) in [5.74, 6) is 0.577. The molecule has 1 aromatic carbocycles. The number of carbonyl (C=O) groups is 1. The Labute approximate surface area is 142 Å². The molecule has 1 aromatic rings. The molecule has 134 valence electrons. The highest BCUT2D eigenvalue weighted by molar-refractivity contribution is 5.94. The first kappa shape index (κ1) is 19.9. The number of nitrogens with zero attached hydrogens (tertiary/aromatic N) is 1. The SMILES string of the molecule is CN=C(NCCOCCC(C)C)NCC(=O)Nc1ccc(F)cc1. The van der Waals surface area contributed by atoms with Gasteiger partial charge in [0.25, 0.3) is 0 Å². The van der Waals surface area contributed by atoms with Gasteiger partial charge in [-0.15, -0.1) is 0 Å². The zero-order chi connectivity index (χ0) is 17.8. The van der Waals surface area contributed by atoms with Gasteiger partial charge in [-0.05, 0) is 36.6 Å². The topological polar surface area (TPSA) is 74.8 Å². The molecule has 0 aliphatic rings. The second-order valence-corrected chi connectivity index (χ2v) is 5.70. The maximum absolute atomic E-state index is 12.8. The largest absolute Gasteiger partial charge is 0.380 e. The van der Waals surface area contributed by atoms with Gasteiger partial charge in [0.05, 0.1) is 13.2 Å². The number of guanidine groups is 1. The average molecular weight is 338 g/mol. The van der Waals surface area contributed by atoms with Gasteiger partial charge in [0, 0.05) is 25.9 Å². The van der Waals surface area contributed by atoms with Crippen LogP contribution in [0.5, 0.6) is 0 Å². The highest BCUT2D eigenvalue weighted by Crippen LogP contribution is 2.07. The molecule has 0 bridgehead atoms. The number of nitrogens with one attached hydrogen (secondary N) is 3. The monoisotopic (exact) mass is 338 g/mol. The first-order valence-corrected chi connectivity index (χ1v) is 8.09. The molecular weight excluding hydrogens is 311 g/mol. The van der Waals surface area contributed by atoms with Gasteiger partial charge >= 0.3 is 0 Å². The van der Waals surface area contributed by atoms with Gasteiger partial charge in [-0.2, -0.15) is 0 Å². The van der Waals surface area contributed by atoms with Crippen molar-refractivity contribution in [1.82, 2.24) is 10.6 Å². The van der Waals surface area contributed by atoms with Gasteiger partial charge in [0.2, 0.25) is 5.91 Å². The van der Waals surface area contributed by atoms with E-state index in [1.165, 1.54) is 24.3 Å². The number of benzene rings is 1. The van der Waals surface area contributed by atoms with Gasteiger partial charge < -0.3 is 20.7 Å².